The van der Waals surface area contributed by atoms with Crippen LogP contribution in [0.3, 0.4) is 0 Å². The van der Waals surface area contributed by atoms with Crippen LogP contribution in [0.5, 0.6) is 0 Å². The number of hydrogen-bond acceptors (Lipinski definition) is 4. The number of primary amides is 1. The van der Waals surface area contributed by atoms with Crippen LogP contribution in [0.25, 0.3) is 0 Å². The summed E-state index contributed by atoms with van der Waals surface area (Å²) in [5.41, 5.74) is 8.01. The second-order valence-corrected chi connectivity index (χ2v) is 8.55. The lowest BCUT2D eigenvalue weighted by Gasteiger charge is -2.31. The van der Waals surface area contributed by atoms with E-state index in [-0.39, 0.29) is 11.8 Å². The van der Waals surface area contributed by atoms with Gasteiger partial charge in [0.1, 0.15) is 0 Å². The molecule has 30 heavy (non-hydrogen) atoms. The van der Waals surface area contributed by atoms with E-state index in [0.717, 1.165) is 58.1 Å². The van der Waals surface area contributed by atoms with Gasteiger partial charge in [0, 0.05) is 39.8 Å². The summed E-state index contributed by atoms with van der Waals surface area (Å²) in [5, 5.41) is 6.85. The topological polar surface area (TPSA) is 86.0 Å². The number of nitrogens with one attached hydrogen (secondary N) is 2. The van der Waals surface area contributed by atoms with Crippen LogP contribution in [0.15, 0.2) is 29.3 Å². The summed E-state index contributed by atoms with van der Waals surface area (Å²) >= 11 is 0. The van der Waals surface area contributed by atoms with Gasteiger partial charge in [-0.05, 0) is 56.4 Å². The first-order chi connectivity index (χ1) is 14.6. The van der Waals surface area contributed by atoms with Gasteiger partial charge in [-0.15, -0.1) is 0 Å². The van der Waals surface area contributed by atoms with Crippen molar-refractivity contribution in [3.05, 3.63) is 35.4 Å². The van der Waals surface area contributed by atoms with Crippen LogP contribution in [0.1, 0.15) is 43.2 Å². The van der Waals surface area contributed by atoms with Gasteiger partial charge >= 0.3 is 0 Å². The molecule has 1 atom stereocenters. The average Bonchev–Trinajstić information content (AvgIpc) is 2.77. The Kier molecular flexibility index (Phi) is 8.96. The van der Waals surface area contributed by atoms with Crippen molar-refractivity contribution in [2.45, 2.75) is 45.2 Å². The second kappa shape index (κ2) is 11.9. The monoisotopic (exact) mass is 414 g/mol. The molecule has 0 saturated carbocycles. The first kappa shape index (κ1) is 22.6. The fraction of sp³-hybridized carbons (Fsp3) is 0.652. The van der Waals surface area contributed by atoms with E-state index in [0.29, 0.717) is 0 Å². The summed E-state index contributed by atoms with van der Waals surface area (Å²) in [6.45, 7) is 7.82. The average molecular weight is 415 g/mol. The minimum atomic E-state index is -0.170. The summed E-state index contributed by atoms with van der Waals surface area (Å²) in [6.07, 6.45) is 5.97. The Balaban J connectivity index is 1.43. The standard InChI is InChI=1S/C23H38N6O/c1-25-23(26-10-14-28-11-3-2-4-12-28)27-16-19-7-5-8-20(15-19)17-29-13-6-9-21(18-29)22(24)30/h5,7-8,15,21H,2-4,6,9-14,16-18H2,1H3,(H2,24,30)(H2,25,26,27). The first-order valence-electron chi connectivity index (χ1n) is 11.4. The molecule has 7 nitrogen and oxygen atoms in total. The highest BCUT2D eigenvalue weighted by Crippen LogP contribution is 2.18. The predicted molar refractivity (Wildman–Crippen MR) is 122 cm³/mol. The van der Waals surface area contributed by atoms with Gasteiger partial charge in [-0.25, -0.2) is 0 Å². The molecule has 2 saturated heterocycles. The molecule has 2 aliphatic heterocycles. The second-order valence-electron chi connectivity index (χ2n) is 8.55. The van der Waals surface area contributed by atoms with Gasteiger partial charge < -0.3 is 21.3 Å². The van der Waals surface area contributed by atoms with Gasteiger partial charge in [0.25, 0.3) is 0 Å². The van der Waals surface area contributed by atoms with E-state index in [4.69, 9.17) is 5.73 Å². The summed E-state index contributed by atoms with van der Waals surface area (Å²) < 4.78 is 0. The quantitative estimate of drug-likeness (QED) is 0.444. The Bertz CT molecular complexity index is 701. The zero-order valence-electron chi connectivity index (χ0n) is 18.4. The van der Waals surface area contributed by atoms with Crippen molar-refractivity contribution in [1.82, 2.24) is 20.4 Å². The SMILES string of the molecule is CN=C(NCCN1CCCCC1)NCc1cccc(CN2CCCC(C(N)=O)C2)c1. The molecule has 0 aliphatic carbocycles. The molecule has 0 spiro atoms. The van der Waals surface area contributed by atoms with E-state index in [9.17, 15) is 4.79 Å². The zero-order chi connectivity index (χ0) is 21.2. The van der Waals surface area contributed by atoms with Crippen molar-refractivity contribution in [2.24, 2.45) is 16.6 Å². The first-order valence-corrected chi connectivity index (χ1v) is 11.4. The van der Waals surface area contributed by atoms with E-state index >= 15 is 0 Å². The number of piperidine rings is 2. The van der Waals surface area contributed by atoms with Crippen LogP contribution < -0.4 is 16.4 Å². The van der Waals surface area contributed by atoms with Crippen molar-refractivity contribution >= 4 is 11.9 Å². The number of aliphatic imine (C=N–C) groups is 1. The summed E-state index contributed by atoms with van der Waals surface area (Å²) in [6, 6.07) is 8.64. The molecule has 0 bridgehead atoms. The van der Waals surface area contributed by atoms with Crippen molar-refractivity contribution in [3.8, 4) is 0 Å². The number of hydrogen-bond donors (Lipinski definition) is 3. The van der Waals surface area contributed by atoms with E-state index in [1.807, 2.05) is 7.05 Å². The minimum Gasteiger partial charge on any atom is -0.369 e. The van der Waals surface area contributed by atoms with Gasteiger partial charge in [0.2, 0.25) is 5.91 Å². The fourth-order valence-corrected chi connectivity index (χ4v) is 4.45. The van der Waals surface area contributed by atoms with Gasteiger partial charge in [-0.1, -0.05) is 30.7 Å². The van der Waals surface area contributed by atoms with Gasteiger partial charge in [-0.3, -0.25) is 14.7 Å². The number of guanidine groups is 1. The van der Waals surface area contributed by atoms with Crippen molar-refractivity contribution in [2.75, 3.05) is 46.3 Å². The summed E-state index contributed by atoms with van der Waals surface area (Å²) in [5.74, 6) is 0.664. The fourth-order valence-electron chi connectivity index (χ4n) is 4.45. The number of benzene rings is 1. The van der Waals surface area contributed by atoms with Gasteiger partial charge in [0.15, 0.2) is 5.96 Å². The molecule has 4 N–H and O–H groups in total. The summed E-state index contributed by atoms with van der Waals surface area (Å²) in [4.78, 5) is 20.7. The largest absolute Gasteiger partial charge is 0.369 e. The lowest BCUT2D eigenvalue weighted by molar-refractivity contribution is -0.123. The number of nitrogens with two attached hydrogens (primary N) is 1. The molecule has 2 heterocycles. The number of amides is 1. The molecule has 0 radical (unpaired) electrons. The highest BCUT2D eigenvalue weighted by atomic mass is 16.1. The highest BCUT2D eigenvalue weighted by Gasteiger charge is 2.23. The van der Waals surface area contributed by atoms with E-state index in [1.165, 1.54) is 43.5 Å². The lowest BCUT2D eigenvalue weighted by Crippen LogP contribution is -2.42. The maximum atomic E-state index is 11.5. The Morgan fingerprint density at radius 3 is 2.63 bits per heavy atom. The number of carbonyl (C=O) groups is 1. The molecular weight excluding hydrogens is 376 g/mol. The van der Waals surface area contributed by atoms with Crippen LogP contribution in [-0.2, 0) is 17.9 Å². The van der Waals surface area contributed by atoms with Gasteiger partial charge in [-0.2, -0.15) is 0 Å². The van der Waals surface area contributed by atoms with Crippen LogP contribution in [-0.4, -0.2) is 68.0 Å². The Morgan fingerprint density at radius 1 is 1.10 bits per heavy atom. The number of rotatable bonds is 8. The molecule has 7 heteroatoms. The Labute approximate surface area is 181 Å². The molecule has 1 aromatic carbocycles. The predicted octanol–water partition coefficient (Wildman–Crippen LogP) is 1.53. The maximum absolute atomic E-state index is 11.5. The van der Waals surface area contributed by atoms with E-state index in [1.54, 1.807) is 0 Å². The number of carbonyl (C=O) groups excluding carboxylic acids is 1. The molecule has 1 aromatic rings. The molecular formula is C23H38N6O. The highest BCUT2D eigenvalue weighted by molar-refractivity contribution is 5.79. The number of nitrogens with zero attached hydrogens (tertiary/aromatic N) is 3. The van der Waals surface area contributed by atoms with Crippen LogP contribution >= 0.6 is 0 Å². The molecule has 166 valence electrons. The van der Waals surface area contributed by atoms with E-state index in [2.05, 4.69) is 49.7 Å². The van der Waals surface area contributed by atoms with Crippen LogP contribution in [0, 0.1) is 5.92 Å². The molecule has 2 fully saturated rings. The van der Waals surface area contributed by atoms with Crippen molar-refractivity contribution < 1.29 is 4.79 Å². The Hall–Kier alpha value is -2.12. The number of likely N-dealkylation sites (tertiary alicyclic amines) is 2. The zero-order valence-corrected chi connectivity index (χ0v) is 18.4. The summed E-state index contributed by atoms with van der Waals surface area (Å²) in [7, 11) is 1.82. The molecule has 1 amide bonds. The molecule has 2 aliphatic rings. The third-order valence-electron chi connectivity index (χ3n) is 6.16. The lowest BCUT2D eigenvalue weighted by atomic mass is 9.97. The smallest absolute Gasteiger partial charge is 0.221 e. The minimum absolute atomic E-state index is 0.0112. The van der Waals surface area contributed by atoms with Crippen LogP contribution in [0.2, 0.25) is 0 Å². The Morgan fingerprint density at radius 2 is 1.87 bits per heavy atom. The van der Waals surface area contributed by atoms with Crippen molar-refractivity contribution in [3.63, 3.8) is 0 Å². The van der Waals surface area contributed by atoms with Gasteiger partial charge in [0.05, 0.1) is 5.92 Å². The molecule has 1 unspecified atom stereocenters. The normalized spacial score (nSPS) is 21.4. The third kappa shape index (κ3) is 7.29. The maximum Gasteiger partial charge on any atom is 0.221 e. The van der Waals surface area contributed by atoms with Crippen molar-refractivity contribution in [1.29, 1.82) is 0 Å². The van der Waals surface area contributed by atoms with Crippen LogP contribution in [0.4, 0.5) is 0 Å². The van der Waals surface area contributed by atoms with E-state index < -0.39 is 0 Å². The molecule has 0 aromatic heterocycles. The molecule has 3 rings (SSSR count). The third-order valence-corrected chi connectivity index (χ3v) is 6.16.